The molecule has 1 aromatic heterocycles. The number of amides is 1. The lowest BCUT2D eigenvalue weighted by atomic mass is 10.1. The molecule has 8 nitrogen and oxygen atoms in total. The third-order valence-corrected chi connectivity index (χ3v) is 6.88. The van der Waals surface area contributed by atoms with E-state index < -0.39 is 10.0 Å². The van der Waals surface area contributed by atoms with Crippen molar-refractivity contribution >= 4 is 21.6 Å². The molecular weight excluding hydrogens is 416 g/mol. The summed E-state index contributed by atoms with van der Waals surface area (Å²) in [6.45, 7) is 5.11. The quantitative estimate of drug-likeness (QED) is 0.627. The number of sulfonamides is 1. The van der Waals surface area contributed by atoms with E-state index in [-0.39, 0.29) is 22.5 Å². The first-order valence-corrected chi connectivity index (χ1v) is 11.7. The maximum Gasteiger partial charge on any atom is 0.316 e. The highest BCUT2D eigenvalue weighted by Gasteiger charge is 2.26. The molecule has 0 radical (unpaired) electrons. The van der Waals surface area contributed by atoms with Crippen molar-refractivity contribution in [2.45, 2.75) is 38.0 Å². The highest BCUT2D eigenvalue weighted by atomic mass is 32.2. The number of hydrogen-bond acceptors (Lipinski definition) is 6. The van der Waals surface area contributed by atoms with Crippen molar-refractivity contribution in [3.8, 4) is 11.4 Å². The largest absolute Gasteiger partial charge is 0.334 e. The molecule has 2 heterocycles. The molecule has 0 saturated carbocycles. The van der Waals surface area contributed by atoms with Gasteiger partial charge in [0.05, 0.1) is 4.90 Å². The molecule has 2 aromatic carbocycles. The first-order chi connectivity index (χ1) is 14.9. The van der Waals surface area contributed by atoms with Crippen LogP contribution in [0.1, 0.15) is 41.6 Å². The van der Waals surface area contributed by atoms with Crippen LogP contribution in [0, 0.1) is 6.92 Å². The van der Waals surface area contributed by atoms with Gasteiger partial charge in [0.1, 0.15) is 0 Å². The number of rotatable bonds is 6. The standard InChI is InChI=1S/C22H24N4O4S/c1-3-16-7-10-18(11-8-16)25-31(28,29)19-14-17(9-6-15(19)2)20-23-21(30-24-20)22(27)26-12-4-5-13-26/h6-11,14,25H,3-5,12-13H2,1-2H3. The normalized spacial score (nSPS) is 14.1. The number of aromatic nitrogens is 2. The van der Waals surface area contributed by atoms with Crippen LogP contribution < -0.4 is 4.72 Å². The van der Waals surface area contributed by atoms with Crippen molar-refractivity contribution in [3.63, 3.8) is 0 Å². The summed E-state index contributed by atoms with van der Waals surface area (Å²) in [4.78, 5) is 18.4. The van der Waals surface area contributed by atoms with E-state index in [1.54, 1.807) is 36.1 Å². The molecular formula is C22H24N4O4S. The summed E-state index contributed by atoms with van der Waals surface area (Å²) in [6.07, 6.45) is 2.79. The Bertz CT molecular complexity index is 1200. The number of likely N-dealkylation sites (tertiary alicyclic amines) is 1. The van der Waals surface area contributed by atoms with E-state index in [9.17, 15) is 13.2 Å². The van der Waals surface area contributed by atoms with Crippen LogP contribution in [-0.2, 0) is 16.4 Å². The number of hydrogen-bond donors (Lipinski definition) is 1. The maximum absolute atomic E-state index is 13.0. The van der Waals surface area contributed by atoms with E-state index in [2.05, 4.69) is 14.9 Å². The Morgan fingerprint density at radius 3 is 2.52 bits per heavy atom. The Balaban J connectivity index is 1.60. The Hall–Kier alpha value is -3.20. The second-order valence-electron chi connectivity index (χ2n) is 7.56. The highest BCUT2D eigenvalue weighted by molar-refractivity contribution is 7.92. The number of carbonyl (C=O) groups excluding carboxylic acids is 1. The van der Waals surface area contributed by atoms with Gasteiger partial charge in [0.25, 0.3) is 10.0 Å². The van der Waals surface area contributed by atoms with Crippen LogP contribution >= 0.6 is 0 Å². The molecule has 31 heavy (non-hydrogen) atoms. The molecule has 1 aliphatic rings. The molecule has 162 valence electrons. The van der Waals surface area contributed by atoms with E-state index in [0.717, 1.165) is 24.8 Å². The van der Waals surface area contributed by atoms with E-state index >= 15 is 0 Å². The molecule has 1 aliphatic heterocycles. The van der Waals surface area contributed by atoms with Gasteiger partial charge >= 0.3 is 11.8 Å². The zero-order chi connectivity index (χ0) is 22.0. The van der Waals surface area contributed by atoms with Gasteiger partial charge in [-0.1, -0.05) is 36.3 Å². The summed E-state index contributed by atoms with van der Waals surface area (Å²) in [5, 5.41) is 3.89. The molecule has 0 bridgehead atoms. The number of aryl methyl sites for hydroxylation is 2. The summed E-state index contributed by atoms with van der Waals surface area (Å²) >= 11 is 0. The van der Waals surface area contributed by atoms with Gasteiger partial charge in [0.2, 0.25) is 5.82 Å². The van der Waals surface area contributed by atoms with Crippen LogP contribution in [0.4, 0.5) is 5.69 Å². The molecule has 9 heteroatoms. The lowest BCUT2D eigenvalue weighted by molar-refractivity contribution is 0.0743. The fourth-order valence-electron chi connectivity index (χ4n) is 3.53. The Morgan fingerprint density at radius 1 is 1.13 bits per heavy atom. The van der Waals surface area contributed by atoms with Crippen molar-refractivity contribution in [3.05, 3.63) is 59.5 Å². The van der Waals surface area contributed by atoms with Gasteiger partial charge < -0.3 is 9.42 Å². The minimum atomic E-state index is -3.83. The fourth-order valence-corrected chi connectivity index (χ4v) is 4.86. The number of nitrogens with one attached hydrogen (secondary N) is 1. The minimum absolute atomic E-state index is 0.0870. The number of carbonyl (C=O) groups is 1. The van der Waals surface area contributed by atoms with Crippen LogP contribution in [0.25, 0.3) is 11.4 Å². The van der Waals surface area contributed by atoms with Gasteiger partial charge in [0, 0.05) is 24.3 Å². The van der Waals surface area contributed by atoms with Crippen LogP contribution in [-0.4, -0.2) is 42.5 Å². The maximum atomic E-state index is 13.0. The summed E-state index contributed by atoms with van der Waals surface area (Å²) in [5.74, 6) is -0.212. The molecule has 1 fully saturated rings. The van der Waals surface area contributed by atoms with Crippen LogP contribution in [0.15, 0.2) is 51.9 Å². The van der Waals surface area contributed by atoms with E-state index in [4.69, 9.17) is 4.52 Å². The summed E-state index contributed by atoms with van der Waals surface area (Å²) < 4.78 is 33.8. The molecule has 0 aliphatic carbocycles. The van der Waals surface area contributed by atoms with E-state index in [0.29, 0.717) is 29.9 Å². The molecule has 1 N–H and O–H groups in total. The molecule has 0 atom stereocenters. The summed E-state index contributed by atoms with van der Waals surface area (Å²) in [7, 11) is -3.83. The number of nitrogens with zero attached hydrogens (tertiary/aromatic N) is 3. The fraction of sp³-hybridized carbons (Fsp3) is 0.318. The third-order valence-electron chi connectivity index (χ3n) is 5.35. The zero-order valence-corrected chi connectivity index (χ0v) is 18.3. The van der Waals surface area contributed by atoms with Crippen molar-refractivity contribution < 1.29 is 17.7 Å². The summed E-state index contributed by atoms with van der Waals surface area (Å²) in [5.41, 5.74) is 2.65. The second-order valence-corrected chi connectivity index (χ2v) is 9.21. The second kappa shape index (κ2) is 8.50. The van der Waals surface area contributed by atoms with E-state index in [1.807, 2.05) is 19.1 Å². The van der Waals surface area contributed by atoms with Gasteiger partial charge in [-0.2, -0.15) is 4.98 Å². The Morgan fingerprint density at radius 2 is 1.84 bits per heavy atom. The SMILES string of the molecule is CCc1ccc(NS(=O)(=O)c2cc(-c3noc(C(=O)N4CCCC4)n3)ccc2C)cc1. The first-order valence-electron chi connectivity index (χ1n) is 10.2. The lowest BCUT2D eigenvalue weighted by Crippen LogP contribution is -2.27. The monoisotopic (exact) mass is 440 g/mol. The van der Waals surface area contributed by atoms with Crippen LogP contribution in [0.5, 0.6) is 0 Å². The zero-order valence-electron chi connectivity index (χ0n) is 17.5. The van der Waals surface area contributed by atoms with Gasteiger partial charge in [-0.3, -0.25) is 9.52 Å². The predicted octanol–water partition coefficient (Wildman–Crippen LogP) is 3.64. The average Bonchev–Trinajstić information content (AvgIpc) is 3.46. The van der Waals surface area contributed by atoms with Crippen LogP contribution in [0.2, 0.25) is 0 Å². The minimum Gasteiger partial charge on any atom is -0.334 e. The highest BCUT2D eigenvalue weighted by Crippen LogP contribution is 2.26. The van der Waals surface area contributed by atoms with Crippen molar-refractivity contribution in [2.24, 2.45) is 0 Å². The average molecular weight is 441 g/mol. The number of anilines is 1. The molecule has 4 rings (SSSR count). The Kier molecular flexibility index (Phi) is 5.77. The lowest BCUT2D eigenvalue weighted by Gasteiger charge is -2.12. The summed E-state index contributed by atoms with van der Waals surface area (Å²) in [6, 6.07) is 12.1. The Labute approximate surface area is 181 Å². The van der Waals surface area contributed by atoms with Gasteiger partial charge in [-0.05, 0) is 55.5 Å². The molecule has 1 amide bonds. The third kappa shape index (κ3) is 4.46. The number of benzene rings is 2. The first kappa shape index (κ1) is 21.0. The molecule has 0 spiro atoms. The van der Waals surface area contributed by atoms with E-state index in [1.165, 1.54) is 6.07 Å². The van der Waals surface area contributed by atoms with Gasteiger partial charge in [-0.25, -0.2) is 8.42 Å². The topological polar surface area (TPSA) is 105 Å². The van der Waals surface area contributed by atoms with Crippen molar-refractivity contribution in [1.82, 2.24) is 15.0 Å². The molecule has 0 unspecified atom stereocenters. The molecule has 1 saturated heterocycles. The molecule has 3 aromatic rings. The van der Waals surface area contributed by atoms with Crippen molar-refractivity contribution in [2.75, 3.05) is 17.8 Å². The van der Waals surface area contributed by atoms with Crippen molar-refractivity contribution in [1.29, 1.82) is 0 Å². The van der Waals surface area contributed by atoms with Gasteiger partial charge in [-0.15, -0.1) is 0 Å². The smallest absolute Gasteiger partial charge is 0.316 e. The van der Waals surface area contributed by atoms with Crippen LogP contribution in [0.3, 0.4) is 0 Å². The predicted molar refractivity (Wildman–Crippen MR) is 116 cm³/mol. The van der Waals surface area contributed by atoms with Gasteiger partial charge in [0.15, 0.2) is 0 Å².